The Balaban J connectivity index is 2.55. The molecule has 3 nitrogen and oxygen atoms in total. The number of aliphatic hydroxyl groups is 1. The summed E-state index contributed by atoms with van der Waals surface area (Å²) in [6, 6.07) is 2.07. The summed E-state index contributed by atoms with van der Waals surface area (Å²) in [6.07, 6.45) is 0.171. The van der Waals surface area contributed by atoms with E-state index in [1.54, 1.807) is 11.3 Å². The molecule has 2 N–H and O–H groups in total. The highest BCUT2D eigenvalue weighted by atomic mass is 79.9. The molecule has 0 saturated heterocycles. The van der Waals surface area contributed by atoms with Crippen molar-refractivity contribution in [3.63, 3.8) is 0 Å². The molecule has 0 aliphatic carbocycles. The van der Waals surface area contributed by atoms with Crippen LogP contribution >= 0.6 is 27.3 Å². The van der Waals surface area contributed by atoms with Gasteiger partial charge in [0, 0.05) is 33.1 Å². The third-order valence-corrected chi connectivity index (χ3v) is 4.36. The summed E-state index contributed by atoms with van der Waals surface area (Å²) in [7, 11) is 0. The number of amides is 1. The molecule has 1 amide bonds. The first-order chi connectivity index (χ1) is 7.45. The molecular formula is C11H16BrNO2S. The molecule has 1 rings (SSSR count). The SMILES string of the molecule is CC(C)(CNC(=O)CCO)c1cc(Br)cs1. The van der Waals surface area contributed by atoms with Crippen LogP contribution in [0.25, 0.3) is 0 Å². The Kier molecular flexibility index (Phi) is 4.95. The van der Waals surface area contributed by atoms with Crippen molar-refractivity contribution in [3.8, 4) is 0 Å². The third kappa shape index (κ3) is 3.88. The lowest BCUT2D eigenvalue weighted by Gasteiger charge is -2.23. The lowest BCUT2D eigenvalue weighted by molar-refractivity contribution is -0.121. The van der Waals surface area contributed by atoms with Gasteiger partial charge in [-0.25, -0.2) is 0 Å². The largest absolute Gasteiger partial charge is 0.396 e. The molecule has 0 fully saturated rings. The molecule has 0 atom stereocenters. The number of halogens is 1. The van der Waals surface area contributed by atoms with Crippen molar-refractivity contribution >= 4 is 33.2 Å². The van der Waals surface area contributed by atoms with Gasteiger partial charge in [-0.1, -0.05) is 13.8 Å². The maximum Gasteiger partial charge on any atom is 0.222 e. The second kappa shape index (κ2) is 5.80. The van der Waals surface area contributed by atoms with E-state index in [1.807, 2.05) is 5.38 Å². The highest BCUT2D eigenvalue weighted by molar-refractivity contribution is 9.10. The van der Waals surface area contributed by atoms with Gasteiger partial charge in [-0.05, 0) is 22.0 Å². The summed E-state index contributed by atoms with van der Waals surface area (Å²) >= 11 is 5.09. The zero-order valence-corrected chi connectivity index (χ0v) is 11.8. The maximum absolute atomic E-state index is 11.2. The normalized spacial score (nSPS) is 11.5. The Hall–Kier alpha value is -0.390. The highest BCUT2D eigenvalue weighted by Gasteiger charge is 2.23. The highest BCUT2D eigenvalue weighted by Crippen LogP contribution is 2.30. The number of aliphatic hydroxyl groups excluding tert-OH is 1. The van der Waals surface area contributed by atoms with E-state index in [-0.39, 0.29) is 24.3 Å². The van der Waals surface area contributed by atoms with Crippen LogP contribution in [-0.2, 0) is 10.2 Å². The molecule has 1 aromatic heterocycles. The van der Waals surface area contributed by atoms with Crippen LogP contribution in [-0.4, -0.2) is 24.2 Å². The van der Waals surface area contributed by atoms with E-state index < -0.39 is 0 Å². The number of thiophene rings is 1. The van der Waals surface area contributed by atoms with Crippen LogP contribution in [0.5, 0.6) is 0 Å². The van der Waals surface area contributed by atoms with Crippen LogP contribution in [0.15, 0.2) is 15.9 Å². The van der Waals surface area contributed by atoms with Crippen LogP contribution in [0, 0.1) is 0 Å². The molecule has 1 heterocycles. The average Bonchev–Trinajstić information content (AvgIpc) is 2.63. The molecule has 90 valence electrons. The summed E-state index contributed by atoms with van der Waals surface area (Å²) in [5.41, 5.74) is -0.0815. The van der Waals surface area contributed by atoms with Crippen LogP contribution in [0.1, 0.15) is 25.1 Å². The second-order valence-electron chi connectivity index (χ2n) is 4.26. The second-order valence-corrected chi connectivity index (χ2v) is 6.09. The molecule has 0 saturated carbocycles. The number of nitrogens with one attached hydrogen (secondary N) is 1. The van der Waals surface area contributed by atoms with Crippen molar-refractivity contribution in [2.45, 2.75) is 25.7 Å². The Morgan fingerprint density at radius 2 is 2.31 bits per heavy atom. The first-order valence-corrected chi connectivity index (χ1v) is 6.75. The number of hydrogen-bond acceptors (Lipinski definition) is 3. The van der Waals surface area contributed by atoms with Crippen molar-refractivity contribution in [1.82, 2.24) is 5.32 Å². The smallest absolute Gasteiger partial charge is 0.222 e. The van der Waals surface area contributed by atoms with Gasteiger partial charge in [-0.2, -0.15) is 0 Å². The zero-order chi connectivity index (χ0) is 12.2. The van der Waals surface area contributed by atoms with Gasteiger partial charge in [-0.3, -0.25) is 4.79 Å². The molecule has 0 radical (unpaired) electrons. The van der Waals surface area contributed by atoms with E-state index in [2.05, 4.69) is 41.2 Å². The van der Waals surface area contributed by atoms with Gasteiger partial charge in [0.1, 0.15) is 0 Å². The van der Waals surface area contributed by atoms with E-state index in [1.165, 1.54) is 4.88 Å². The maximum atomic E-state index is 11.2. The van der Waals surface area contributed by atoms with Crippen molar-refractivity contribution < 1.29 is 9.90 Å². The summed E-state index contributed by atoms with van der Waals surface area (Å²) in [6.45, 7) is 4.66. The van der Waals surface area contributed by atoms with Crippen molar-refractivity contribution in [1.29, 1.82) is 0 Å². The fraction of sp³-hybridized carbons (Fsp3) is 0.545. The van der Waals surface area contributed by atoms with Gasteiger partial charge >= 0.3 is 0 Å². The average molecular weight is 306 g/mol. The quantitative estimate of drug-likeness (QED) is 0.877. The minimum atomic E-state index is -0.105. The van der Waals surface area contributed by atoms with Crippen LogP contribution in [0.3, 0.4) is 0 Å². The van der Waals surface area contributed by atoms with Gasteiger partial charge in [-0.15, -0.1) is 11.3 Å². The standard InChI is InChI=1S/C11H16BrNO2S/c1-11(2,7-13-10(15)3-4-14)9-5-8(12)6-16-9/h5-6,14H,3-4,7H2,1-2H3,(H,13,15). The van der Waals surface area contributed by atoms with E-state index >= 15 is 0 Å². The van der Waals surface area contributed by atoms with Gasteiger partial charge in [0.25, 0.3) is 0 Å². The Bertz CT molecular complexity index is 363. The van der Waals surface area contributed by atoms with Gasteiger partial charge < -0.3 is 10.4 Å². The Morgan fingerprint density at radius 3 is 2.81 bits per heavy atom. The molecule has 0 aromatic carbocycles. The van der Waals surface area contributed by atoms with Gasteiger partial charge in [0.05, 0.1) is 6.61 Å². The van der Waals surface area contributed by atoms with Gasteiger partial charge in [0.2, 0.25) is 5.91 Å². The van der Waals surface area contributed by atoms with Gasteiger partial charge in [0.15, 0.2) is 0 Å². The molecule has 5 heteroatoms. The van der Waals surface area contributed by atoms with E-state index in [0.29, 0.717) is 6.54 Å². The van der Waals surface area contributed by atoms with Crippen molar-refractivity contribution in [3.05, 3.63) is 20.8 Å². The molecule has 0 unspecified atom stereocenters. The number of hydrogen-bond donors (Lipinski definition) is 2. The molecule has 0 spiro atoms. The summed E-state index contributed by atoms with van der Waals surface area (Å²) in [5, 5.41) is 13.5. The molecule has 16 heavy (non-hydrogen) atoms. The minimum absolute atomic E-state index is 0.0815. The lowest BCUT2D eigenvalue weighted by atomic mass is 9.91. The first kappa shape index (κ1) is 13.7. The van der Waals surface area contributed by atoms with E-state index in [4.69, 9.17) is 5.11 Å². The minimum Gasteiger partial charge on any atom is -0.396 e. The molecule has 0 bridgehead atoms. The Morgan fingerprint density at radius 1 is 1.62 bits per heavy atom. The summed E-state index contributed by atoms with van der Waals surface area (Å²) in [5.74, 6) is -0.105. The van der Waals surface area contributed by atoms with E-state index in [9.17, 15) is 4.79 Å². The fourth-order valence-electron chi connectivity index (χ4n) is 1.26. The predicted octanol–water partition coefficient (Wildman–Crippen LogP) is 2.29. The molecular weight excluding hydrogens is 290 g/mol. The topological polar surface area (TPSA) is 49.3 Å². The monoisotopic (exact) mass is 305 g/mol. The van der Waals surface area contributed by atoms with Crippen LogP contribution in [0.4, 0.5) is 0 Å². The van der Waals surface area contributed by atoms with Crippen LogP contribution < -0.4 is 5.32 Å². The first-order valence-electron chi connectivity index (χ1n) is 5.08. The number of carbonyl (C=O) groups is 1. The van der Waals surface area contributed by atoms with Crippen molar-refractivity contribution in [2.75, 3.05) is 13.2 Å². The molecule has 0 aliphatic heterocycles. The number of rotatable bonds is 5. The summed E-state index contributed by atoms with van der Waals surface area (Å²) in [4.78, 5) is 12.5. The van der Waals surface area contributed by atoms with E-state index in [0.717, 1.165) is 4.47 Å². The van der Waals surface area contributed by atoms with Crippen LogP contribution in [0.2, 0.25) is 0 Å². The summed E-state index contributed by atoms with van der Waals surface area (Å²) < 4.78 is 1.07. The fourth-order valence-corrected chi connectivity index (χ4v) is 2.82. The molecule has 0 aliphatic rings. The zero-order valence-electron chi connectivity index (χ0n) is 9.42. The van der Waals surface area contributed by atoms with Crippen molar-refractivity contribution in [2.24, 2.45) is 0 Å². The lowest BCUT2D eigenvalue weighted by Crippen LogP contribution is -2.36. The number of carbonyl (C=O) groups excluding carboxylic acids is 1. The third-order valence-electron chi connectivity index (χ3n) is 2.30. The molecule has 1 aromatic rings. The predicted molar refractivity (Wildman–Crippen MR) is 69.8 cm³/mol. The Labute approximate surface area is 108 Å².